The average molecular weight is 367 g/mol. The first-order valence-corrected chi connectivity index (χ1v) is 8.38. The van der Waals surface area contributed by atoms with Gasteiger partial charge >= 0.3 is 11.9 Å². The summed E-state index contributed by atoms with van der Waals surface area (Å²) in [5.74, 6) is -2.00. The fourth-order valence-electron chi connectivity index (χ4n) is 2.41. The Morgan fingerprint density at radius 2 is 1.72 bits per heavy atom. The zero-order chi connectivity index (χ0) is 18.6. The lowest BCUT2D eigenvalue weighted by molar-refractivity contribution is -0.121. The third-order valence-corrected chi connectivity index (χ3v) is 4.72. The Morgan fingerprint density at radius 1 is 1.16 bits per heavy atom. The number of hydrogen-bond donors (Lipinski definition) is 1. The molecule has 0 radical (unpaired) electrons. The highest BCUT2D eigenvalue weighted by molar-refractivity contribution is 8.00. The number of imide groups is 1. The van der Waals surface area contributed by atoms with Crippen LogP contribution >= 0.6 is 11.8 Å². The van der Waals surface area contributed by atoms with Crippen molar-refractivity contribution in [2.45, 2.75) is 11.7 Å². The number of methoxy groups -OCH3 is 2. The van der Waals surface area contributed by atoms with Gasteiger partial charge in [0.25, 0.3) is 0 Å². The number of nitrogens with zero attached hydrogens (tertiary/aromatic N) is 1. The highest BCUT2D eigenvalue weighted by Gasteiger charge is 2.40. The normalized spacial score (nSPS) is 16.9. The molecule has 0 spiro atoms. The topological polar surface area (TPSA) is 110 Å². The predicted octanol–water partition coefficient (Wildman–Crippen LogP) is 0.617. The zero-order valence-electron chi connectivity index (χ0n) is 13.7. The first-order valence-electron chi connectivity index (χ1n) is 7.34. The summed E-state index contributed by atoms with van der Waals surface area (Å²) in [5.41, 5.74) is 0.144. The van der Waals surface area contributed by atoms with Crippen LogP contribution in [0, 0.1) is 0 Å². The van der Waals surface area contributed by atoms with Crippen LogP contribution in [0.1, 0.15) is 27.1 Å². The summed E-state index contributed by atoms with van der Waals surface area (Å²) < 4.78 is 9.28. The number of carbonyl (C=O) groups is 4. The van der Waals surface area contributed by atoms with Gasteiger partial charge in [0.2, 0.25) is 11.8 Å². The van der Waals surface area contributed by atoms with Crippen molar-refractivity contribution in [3.05, 3.63) is 29.3 Å². The molecule has 1 N–H and O–H groups in total. The summed E-state index contributed by atoms with van der Waals surface area (Å²) in [7, 11) is 2.36. The molecule has 25 heavy (non-hydrogen) atoms. The Labute approximate surface area is 148 Å². The van der Waals surface area contributed by atoms with E-state index in [1.807, 2.05) is 0 Å². The lowest BCUT2D eigenvalue weighted by Gasteiger charge is -2.17. The molecule has 0 aromatic heterocycles. The van der Waals surface area contributed by atoms with Gasteiger partial charge in [-0.15, -0.1) is 11.8 Å². The van der Waals surface area contributed by atoms with E-state index in [1.54, 1.807) is 0 Å². The minimum Gasteiger partial charge on any atom is -0.465 e. The Bertz CT molecular complexity index is 684. The molecule has 134 valence electrons. The molecule has 8 nitrogen and oxygen atoms in total. The van der Waals surface area contributed by atoms with Crippen LogP contribution in [0.25, 0.3) is 0 Å². The molecule has 1 fully saturated rings. The van der Waals surface area contributed by atoms with Gasteiger partial charge < -0.3 is 14.6 Å². The highest BCUT2D eigenvalue weighted by atomic mass is 32.2. The second-order valence-electron chi connectivity index (χ2n) is 5.11. The van der Waals surface area contributed by atoms with Gasteiger partial charge in [0.05, 0.1) is 42.9 Å². The van der Waals surface area contributed by atoms with Gasteiger partial charge in [-0.2, -0.15) is 0 Å². The van der Waals surface area contributed by atoms with Crippen molar-refractivity contribution in [1.82, 2.24) is 0 Å². The smallest absolute Gasteiger partial charge is 0.337 e. The van der Waals surface area contributed by atoms with Crippen LogP contribution < -0.4 is 4.90 Å². The molecular weight excluding hydrogens is 350 g/mol. The maximum absolute atomic E-state index is 12.5. The number of hydrogen-bond acceptors (Lipinski definition) is 8. The molecule has 9 heteroatoms. The fourth-order valence-corrected chi connectivity index (χ4v) is 3.31. The van der Waals surface area contributed by atoms with Gasteiger partial charge in [0.15, 0.2) is 0 Å². The van der Waals surface area contributed by atoms with E-state index >= 15 is 0 Å². The Balaban J connectivity index is 2.43. The highest BCUT2D eigenvalue weighted by Crippen LogP contribution is 2.31. The summed E-state index contributed by atoms with van der Waals surface area (Å²) >= 11 is 1.18. The number of esters is 2. The van der Waals surface area contributed by atoms with E-state index in [2.05, 4.69) is 9.47 Å². The van der Waals surface area contributed by atoms with Crippen molar-refractivity contribution in [2.75, 3.05) is 31.5 Å². The van der Waals surface area contributed by atoms with Crippen molar-refractivity contribution in [3.8, 4) is 0 Å². The molecule has 1 aliphatic rings. The average Bonchev–Trinajstić information content (AvgIpc) is 2.91. The van der Waals surface area contributed by atoms with Crippen LogP contribution in [-0.4, -0.2) is 60.7 Å². The number of anilines is 1. The standard InChI is InChI=1S/C16H17NO7S/c1-23-15(21)9-5-10(16(22)24-2)7-11(6-9)17-13(19)8-12(14(17)20)25-4-3-18/h5-7,12,18H,3-4,8H2,1-2H3/t12-/m1/s1. The van der Waals surface area contributed by atoms with E-state index in [0.717, 1.165) is 4.90 Å². The van der Waals surface area contributed by atoms with E-state index in [4.69, 9.17) is 5.11 Å². The quantitative estimate of drug-likeness (QED) is 0.575. The predicted molar refractivity (Wildman–Crippen MR) is 89.6 cm³/mol. The first-order chi connectivity index (χ1) is 11.9. The Hall–Kier alpha value is -2.39. The minimum atomic E-state index is -0.711. The van der Waals surface area contributed by atoms with Gasteiger partial charge in [0.1, 0.15) is 0 Å². The van der Waals surface area contributed by atoms with Crippen LogP contribution in [0.5, 0.6) is 0 Å². The first kappa shape index (κ1) is 18.9. The molecular formula is C16H17NO7S. The van der Waals surface area contributed by atoms with Gasteiger partial charge in [-0.1, -0.05) is 0 Å². The van der Waals surface area contributed by atoms with Crippen LogP contribution in [0.4, 0.5) is 5.69 Å². The van der Waals surface area contributed by atoms with Crippen LogP contribution in [-0.2, 0) is 19.1 Å². The number of aliphatic hydroxyl groups excluding tert-OH is 1. The molecule has 1 aliphatic heterocycles. The molecule has 0 bridgehead atoms. The molecule has 1 aromatic rings. The second kappa shape index (κ2) is 8.13. The number of amides is 2. The van der Waals surface area contributed by atoms with Crippen molar-refractivity contribution < 1.29 is 33.8 Å². The lowest BCUT2D eigenvalue weighted by Crippen LogP contribution is -2.31. The monoisotopic (exact) mass is 367 g/mol. The number of thioether (sulfide) groups is 1. The number of aliphatic hydroxyl groups is 1. The molecule has 0 unspecified atom stereocenters. The largest absolute Gasteiger partial charge is 0.465 e. The Kier molecular flexibility index (Phi) is 6.16. The fraction of sp³-hybridized carbons (Fsp3) is 0.375. The molecule has 1 heterocycles. The summed E-state index contributed by atoms with van der Waals surface area (Å²) in [5, 5.41) is 8.27. The maximum Gasteiger partial charge on any atom is 0.337 e. The van der Waals surface area contributed by atoms with Gasteiger partial charge in [-0.25, -0.2) is 14.5 Å². The summed E-state index contributed by atoms with van der Waals surface area (Å²) in [6.45, 7) is -0.104. The zero-order valence-corrected chi connectivity index (χ0v) is 14.5. The third kappa shape index (κ3) is 3.99. The van der Waals surface area contributed by atoms with Crippen molar-refractivity contribution in [2.24, 2.45) is 0 Å². The van der Waals surface area contributed by atoms with Crippen LogP contribution in [0.3, 0.4) is 0 Å². The maximum atomic E-state index is 12.5. The van der Waals surface area contributed by atoms with Crippen molar-refractivity contribution >= 4 is 41.2 Å². The van der Waals surface area contributed by atoms with Crippen molar-refractivity contribution in [1.29, 1.82) is 0 Å². The number of ether oxygens (including phenoxy) is 2. The molecule has 0 saturated carbocycles. The number of rotatable bonds is 6. The summed E-state index contributed by atoms with van der Waals surface area (Å²) in [6, 6.07) is 3.89. The van der Waals surface area contributed by atoms with E-state index < -0.39 is 29.0 Å². The van der Waals surface area contributed by atoms with E-state index in [1.165, 1.54) is 44.2 Å². The van der Waals surface area contributed by atoms with Crippen molar-refractivity contribution in [3.63, 3.8) is 0 Å². The summed E-state index contributed by atoms with van der Waals surface area (Å²) in [4.78, 5) is 49.3. The second-order valence-corrected chi connectivity index (χ2v) is 6.42. The lowest BCUT2D eigenvalue weighted by atomic mass is 10.1. The molecule has 2 rings (SSSR count). The van der Waals surface area contributed by atoms with E-state index in [-0.39, 0.29) is 29.8 Å². The van der Waals surface area contributed by atoms with E-state index in [9.17, 15) is 19.2 Å². The molecule has 1 aromatic carbocycles. The van der Waals surface area contributed by atoms with Gasteiger partial charge in [-0.3, -0.25) is 9.59 Å². The minimum absolute atomic E-state index is 0.0144. The Morgan fingerprint density at radius 3 is 2.20 bits per heavy atom. The molecule has 1 atom stereocenters. The van der Waals surface area contributed by atoms with Gasteiger partial charge in [-0.05, 0) is 18.2 Å². The molecule has 1 saturated heterocycles. The van der Waals surface area contributed by atoms with Gasteiger partial charge in [0, 0.05) is 12.2 Å². The van der Waals surface area contributed by atoms with Crippen LogP contribution in [0.2, 0.25) is 0 Å². The van der Waals surface area contributed by atoms with Crippen LogP contribution in [0.15, 0.2) is 18.2 Å². The van der Waals surface area contributed by atoms with E-state index in [0.29, 0.717) is 5.75 Å². The third-order valence-electron chi connectivity index (χ3n) is 3.53. The summed E-state index contributed by atoms with van der Waals surface area (Å²) in [6.07, 6.45) is -0.0144. The SMILES string of the molecule is COC(=O)c1cc(C(=O)OC)cc(N2C(=O)C[C@@H](SCCO)C2=O)c1. The molecule has 0 aliphatic carbocycles. The number of carbonyl (C=O) groups excluding carboxylic acids is 4. The molecule has 2 amide bonds. The number of benzene rings is 1.